The third kappa shape index (κ3) is 4.26. The summed E-state index contributed by atoms with van der Waals surface area (Å²) in [4.78, 5) is 31.8. The standard InChI is InChI=1S/C22H24N8O2S.ClH/c31-21(15-14-24-30-8-4-5-23-19(15)30)25-16-13-17-18(26-20(16)28-6-2-1-3-7-28)27-22(33-17)29-9-11-32-12-10-29;/h4-5,8,13-14H,1-3,6-7,9-12H2,(H,25,31);1H. The average molecular weight is 501 g/mol. The van der Waals surface area contributed by atoms with Crippen LogP contribution in [0, 0.1) is 0 Å². The number of thiazole rings is 1. The molecular weight excluding hydrogens is 476 g/mol. The molecule has 1 N–H and O–H groups in total. The van der Waals surface area contributed by atoms with Crippen molar-refractivity contribution in [3.8, 4) is 0 Å². The number of aromatic nitrogens is 5. The number of hydrogen-bond acceptors (Lipinski definition) is 9. The van der Waals surface area contributed by atoms with Gasteiger partial charge in [-0.2, -0.15) is 10.1 Å². The van der Waals surface area contributed by atoms with Gasteiger partial charge in [-0.05, 0) is 31.4 Å². The molecule has 0 unspecified atom stereocenters. The molecule has 4 aromatic rings. The zero-order chi connectivity index (χ0) is 22.2. The Morgan fingerprint density at radius 3 is 2.71 bits per heavy atom. The number of nitrogens with zero attached hydrogens (tertiary/aromatic N) is 7. The molecule has 0 bridgehead atoms. The molecule has 12 heteroatoms. The maximum absolute atomic E-state index is 13.2. The first-order chi connectivity index (χ1) is 16.3. The molecule has 2 aliphatic heterocycles. The summed E-state index contributed by atoms with van der Waals surface area (Å²) >= 11 is 1.60. The van der Waals surface area contributed by atoms with Crippen LogP contribution in [-0.4, -0.2) is 69.9 Å². The van der Waals surface area contributed by atoms with E-state index >= 15 is 0 Å². The van der Waals surface area contributed by atoms with E-state index in [2.05, 4.69) is 25.2 Å². The number of fused-ring (bicyclic) bond motifs is 2. The topological polar surface area (TPSA) is 101 Å². The number of piperidine rings is 1. The lowest BCUT2D eigenvalue weighted by atomic mass is 10.1. The Balaban J connectivity index is 0.00000241. The summed E-state index contributed by atoms with van der Waals surface area (Å²) in [5.41, 5.74) is 2.37. The van der Waals surface area contributed by atoms with Crippen molar-refractivity contribution in [3.63, 3.8) is 0 Å². The van der Waals surface area contributed by atoms with E-state index < -0.39 is 0 Å². The fraction of sp³-hybridized carbons (Fsp3) is 0.409. The summed E-state index contributed by atoms with van der Waals surface area (Å²) in [5.74, 6) is 0.528. The van der Waals surface area contributed by atoms with E-state index in [0.29, 0.717) is 30.1 Å². The SMILES string of the molecule is Cl.O=C(Nc1cc2sc(N3CCOCC3)nc2nc1N1CCCCC1)c1cnn2cccnc12. The number of pyridine rings is 1. The van der Waals surface area contributed by atoms with Crippen molar-refractivity contribution in [2.45, 2.75) is 19.3 Å². The van der Waals surface area contributed by atoms with E-state index in [0.717, 1.165) is 60.3 Å². The molecule has 0 atom stereocenters. The van der Waals surface area contributed by atoms with E-state index in [-0.39, 0.29) is 18.3 Å². The molecule has 0 radical (unpaired) electrons. The highest BCUT2D eigenvalue weighted by Gasteiger charge is 2.23. The molecule has 178 valence electrons. The molecule has 0 saturated carbocycles. The minimum Gasteiger partial charge on any atom is -0.378 e. The molecule has 0 aliphatic carbocycles. The third-order valence-electron chi connectivity index (χ3n) is 6.06. The Bertz CT molecular complexity index is 1310. The van der Waals surface area contributed by atoms with Crippen LogP contribution < -0.4 is 15.1 Å². The largest absolute Gasteiger partial charge is 0.378 e. The molecule has 0 spiro atoms. The zero-order valence-electron chi connectivity index (χ0n) is 18.5. The second-order valence-corrected chi connectivity index (χ2v) is 9.23. The van der Waals surface area contributed by atoms with Crippen LogP contribution in [0.3, 0.4) is 0 Å². The van der Waals surface area contributed by atoms with E-state index in [9.17, 15) is 4.79 Å². The van der Waals surface area contributed by atoms with E-state index in [1.807, 2.05) is 6.07 Å². The fourth-order valence-electron chi connectivity index (χ4n) is 4.35. The van der Waals surface area contributed by atoms with Crippen LogP contribution in [0.2, 0.25) is 0 Å². The second-order valence-electron chi connectivity index (χ2n) is 8.23. The first-order valence-electron chi connectivity index (χ1n) is 11.3. The molecular formula is C22H25ClN8O2S. The summed E-state index contributed by atoms with van der Waals surface area (Å²) in [5, 5.41) is 8.28. The quantitative estimate of drug-likeness (QED) is 0.456. The summed E-state index contributed by atoms with van der Waals surface area (Å²) in [7, 11) is 0. The van der Waals surface area contributed by atoms with Crippen molar-refractivity contribution in [1.29, 1.82) is 0 Å². The highest BCUT2D eigenvalue weighted by molar-refractivity contribution is 7.22. The van der Waals surface area contributed by atoms with Gasteiger partial charge in [-0.25, -0.2) is 14.5 Å². The first-order valence-corrected chi connectivity index (χ1v) is 12.1. The van der Waals surface area contributed by atoms with Gasteiger partial charge >= 0.3 is 0 Å². The lowest BCUT2D eigenvalue weighted by molar-refractivity contribution is 0.102. The Morgan fingerprint density at radius 2 is 1.88 bits per heavy atom. The maximum atomic E-state index is 13.2. The number of ether oxygens (including phenoxy) is 1. The number of morpholine rings is 1. The molecule has 6 heterocycles. The second kappa shape index (κ2) is 9.69. The van der Waals surface area contributed by atoms with E-state index in [1.54, 1.807) is 40.5 Å². The maximum Gasteiger partial charge on any atom is 0.261 e. The van der Waals surface area contributed by atoms with Gasteiger partial charge < -0.3 is 19.9 Å². The Morgan fingerprint density at radius 1 is 1.06 bits per heavy atom. The van der Waals surface area contributed by atoms with Gasteiger partial charge in [0, 0.05) is 38.6 Å². The number of carbonyl (C=O) groups is 1. The van der Waals surface area contributed by atoms with Gasteiger partial charge in [-0.3, -0.25) is 4.79 Å². The van der Waals surface area contributed by atoms with Gasteiger partial charge in [-0.15, -0.1) is 12.4 Å². The Labute approximate surface area is 206 Å². The summed E-state index contributed by atoms with van der Waals surface area (Å²) in [6.45, 7) is 4.89. The minimum absolute atomic E-state index is 0. The summed E-state index contributed by atoms with van der Waals surface area (Å²) in [6.07, 6.45) is 8.42. The van der Waals surface area contributed by atoms with Crippen LogP contribution in [-0.2, 0) is 4.74 Å². The number of anilines is 3. The predicted octanol–water partition coefficient (Wildman–Crippen LogP) is 3.24. The number of hydrogen-bond donors (Lipinski definition) is 1. The first kappa shape index (κ1) is 22.8. The highest BCUT2D eigenvalue weighted by atomic mass is 35.5. The molecule has 0 aromatic carbocycles. The van der Waals surface area contributed by atoms with Crippen molar-refractivity contribution in [1.82, 2.24) is 24.6 Å². The number of halogens is 1. The van der Waals surface area contributed by atoms with Gasteiger partial charge in [0.05, 0.1) is 29.8 Å². The van der Waals surface area contributed by atoms with E-state index in [1.165, 1.54) is 6.42 Å². The molecule has 4 aromatic heterocycles. The number of carbonyl (C=O) groups excluding carboxylic acids is 1. The minimum atomic E-state index is -0.249. The summed E-state index contributed by atoms with van der Waals surface area (Å²) < 4.78 is 8.02. The Kier molecular flexibility index (Phi) is 6.48. The van der Waals surface area contributed by atoms with Crippen molar-refractivity contribution in [2.24, 2.45) is 0 Å². The predicted molar refractivity (Wildman–Crippen MR) is 135 cm³/mol. The Hall–Kier alpha value is -3.02. The number of amides is 1. The van der Waals surface area contributed by atoms with Crippen LogP contribution in [0.5, 0.6) is 0 Å². The van der Waals surface area contributed by atoms with Gasteiger partial charge in [0.2, 0.25) is 0 Å². The van der Waals surface area contributed by atoms with Crippen LogP contribution in [0.1, 0.15) is 29.6 Å². The normalized spacial score (nSPS) is 16.6. The molecule has 2 saturated heterocycles. The number of rotatable bonds is 4. The van der Waals surface area contributed by atoms with Crippen molar-refractivity contribution in [2.75, 3.05) is 54.5 Å². The summed E-state index contributed by atoms with van der Waals surface area (Å²) in [6, 6.07) is 3.79. The smallest absolute Gasteiger partial charge is 0.261 e. The van der Waals surface area contributed by atoms with Gasteiger partial charge in [0.25, 0.3) is 5.91 Å². The highest BCUT2D eigenvalue weighted by Crippen LogP contribution is 2.35. The molecule has 6 rings (SSSR count). The van der Waals surface area contributed by atoms with Crippen LogP contribution in [0.4, 0.5) is 16.6 Å². The molecule has 10 nitrogen and oxygen atoms in total. The van der Waals surface area contributed by atoms with Crippen molar-refractivity contribution in [3.05, 3.63) is 36.3 Å². The molecule has 1 amide bonds. The van der Waals surface area contributed by atoms with Crippen LogP contribution in [0.15, 0.2) is 30.7 Å². The van der Waals surface area contributed by atoms with E-state index in [4.69, 9.17) is 14.7 Å². The van der Waals surface area contributed by atoms with Crippen LogP contribution in [0.25, 0.3) is 16.0 Å². The molecule has 34 heavy (non-hydrogen) atoms. The van der Waals surface area contributed by atoms with Gasteiger partial charge in [0.15, 0.2) is 22.2 Å². The third-order valence-corrected chi connectivity index (χ3v) is 7.11. The lowest BCUT2D eigenvalue weighted by Crippen LogP contribution is -2.36. The van der Waals surface area contributed by atoms with Gasteiger partial charge in [0.1, 0.15) is 5.56 Å². The molecule has 2 fully saturated rings. The fourth-order valence-corrected chi connectivity index (χ4v) is 5.35. The average Bonchev–Trinajstić information content (AvgIpc) is 3.49. The van der Waals surface area contributed by atoms with Crippen molar-refractivity contribution >= 4 is 62.3 Å². The molecule has 2 aliphatic rings. The lowest BCUT2D eigenvalue weighted by Gasteiger charge is -2.29. The van der Waals surface area contributed by atoms with Gasteiger partial charge in [-0.1, -0.05) is 11.3 Å². The van der Waals surface area contributed by atoms with Crippen molar-refractivity contribution < 1.29 is 9.53 Å². The van der Waals surface area contributed by atoms with Crippen LogP contribution >= 0.6 is 23.7 Å². The number of nitrogens with one attached hydrogen (secondary N) is 1. The zero-order valence-corrected chi connectivity index (χ0v) is 20.1. The monoisotopic (exact) mass is 500 g/mol.